The summed E-state index contributed by atoms with van der Waals surface area (Å²) in [6.45, 7) is 4.89. The first-order chi connectivity index (χ1) is 16.1. The first kappa shape index (κ1) is 25.3. The van der Waals surface area contributed by atoms with Crippen molar-refractivity contribution >= 4 is 51.0 Å². The molecule has 3 nitrogen and oxygen atoms in total. The summed E-state index contributed by atoms with van der Waals surface area (Å²) < 4.78 is 3.78. The zero-order valence-corrected chi connectivity index (χ0v) is 21.6. The molecule has 0 N–H and O–H groups in total. The second-order valence-electron chi connectivity index (χ2n) is 8.12. The van der Waals surface area contributed by atoms with Crippen LogP contribution in [0, 0.1) is 0 Å². The number of thioether (sulfide) groups is 1. The van der Waals surface area contributed by atoms with E-state index in [4.69, 9.17) is 0 Å². The van der Waals surface area contributed by atoms with Crippen LogP contribution >= 0.6 is 23.1 Å². The van der Waals surface area contributed by atoms with Crippen molar-refractivity contribution in [3.8, 4) is 0 Å². The average Bonchev–Trinajstić information content (AvgIpc) is 3.18. The molecular weight excluding hydrogens is 444 g/mol. The van der Waals surface area contributed by atoms with E-state index >= 15 is 0 Å². The molecule has 1 heterocycles. The number of unbranched alkanes of at least 4 members (excludes halogenated alkanes) is 5. The van der Waals surface area contributed by atoms with Gasteiger partial charge in [0.2, 0.25) is 11.4 Å². The van der Waals surface area contributed by atoms with Gasteiger partial charge in [-0.1, -0.05) is 68.2 Å². The number of nitrogens with zero attached hydrogens (tertiary/aromatic N) is 2. The summed E-state index contributed by atoms with van der Waals surface area (Å²) in [5, 5.41) is 1.25. The minimum atomic E-state index is -0.00422. The molecule has 0 unspecified atom stereocenters. The van der Waals surface area contributed by atoms with Gasteiger partial charge in [0.1, 0.15) is 4.70 Å². The Hall–Kier alpha value is -2.37. The van der Waals surface area contributed by atoms with Crippen LogP contribution < -0.4 is 9.47 Å². The largest absolute Gasteiger partial charge is 0.288 e. The van der Waals surface area contributed by atoms with Gasteiger partial charge in [-0.25, -0.2) is 0 Å². The molecule has 2 aromatic carbocycles. The minimum absolute atomic E-state index is 0.00422. The Morgan fingerprint density at radius 1 is 1.03 bits per heavy atom. The molecule has 0 saturated heterocycles. The molecule has 1 aromatic heterocycles. The van der Waals surface area contributed by atoms with Crippen LogP contribution in [0.25, 0.3) is 16.3 Å². The lowest BCUT2D eigenvalue weighted by atomic mass is 10.1. The van der Waals surface area contributed by atoms with Gasteiger partial charge in [-0.2, -0.15) is 4.57 Å². The first-order valence-electron chi connectivity index (χ1n) is 11.8. The average molecular weight is 480 g/mol. The standard InChI is InChI=1S/C28H35N2OS2/c1-4-5-6-7-8-13-21-30-26-22-25(32-3)18-19-27(26)33-28(30)17-12-14-20-29(23(2)31)24-15-10-9-11-16-24/h9-12,14-20,22H,4-8,13,21H2,1-3H3/q+1. The quantitative estimate of drug-likeness (QED) is 0.114. The van der Waals surface area contributed by atoms with E-state index in [1.165, 1.54) is 58.6 Å². The van der Waals surface area contributed by atoms with Gasteiger partial charge in [0.15, 0.2) is 6.54 Å². The number of hydrogen-bond donors (Lipinski definition) is 0. The Labute approximate surface area is 206 Å². The number of amides is 1. The van der Waals surface area contributed by atoms with Crippen LogP contribution in [-0.2, 0) is 11.3 Å². The lowest BCUT2D eigenvalue weighted by Crippen LogP contribution is -2.35. The summed E-state index contributed by atoms with van der Waals surface area (Å²) in [4.78, 5) is 15.1. The van der Waals surface area contributed by atoms with Gasteiger partial charge in [-0.15, -0.1) is 11.8 Å². The van der Waals surface area contributed by atoms with Gasteiger partial charge >= 0.3 is 0 Å². The second-order valence-corrected chi connectivity index (χ2v) is 10.1. The number of aromatic nitrogens is 1. The number of carbonyl (C=O) groups is 1. The summed E-state index contributed by atoms with van der Waals surface area (Å²) in [5.41, 5.74) is 2.19. The van der Waals surface area contributed by atoms with Crippen LogP contribution in [0.3, 0.4) is 0 Å². The Morgan fingerprint density at radius 2 is 1.79 bits per heavy atom. The van der Waals surface area contributed by atoms with Crippen molar-refractivity contribution in [2.45, 2.75) is 63.8 Å². The number of fused-ring (bicyclic) bond motifs is 1. The number of para-hydroxylation sites is 1. The van der Waals surface area contributed by atoms with Crippen molar-refractivity contribution in [3.05, 3.63) is 71.9 Å². The van der Waals surface area contributed by atoms with E-state index in [1.54, 1.807) is 23.6 Å². The highest BCUT2D eigenvalue weighted by molar-refractivity contribution is 7.98. The zero-order chi connectivity index (χ0) is 23.5. The van der Waals surface area contributed by atoms with Gasteiger partial charge in [0.25, 0.3) is 5.01 Å². The van der Waals surface area contributed by atoms with Gasteiger partial charge in [-0.05, 0) is 43.0 Å². The molecule has 5 heteroatoms. The molecule has 0 fully saturated rings. The molecule has 0 aliphatic rings. The minimum Gasteiger partial charge on any atom is -0.288 e. The Kier molecular flexibility index (Phi) is 10.2. The first-order valence-corrected chi connectivity index (χ1v) is 13.9. The molecule has 0 radical (unpaired) electrons. The van der Waals surface area contributed by atoms with Gasteiger partial charge in [-0.3, -0.25) is 9.69 Å². The number of allylic oxidation sites excluding steroid dienone is 2. The van der Waals surface area contributed by atoms with Crippen LogP contribution in [0.15, 0.2) is 71.8 Å². The van der Waals surface area contributed by atoms with Crippen molar-refractivity contribution in [2.75, 3.05) is 11.2 Å². The van der Waals surface area contributed by atoms with Crippen molar-refractivity contribution in [1.29, 1.82) is 0 Å². The van der Waals surface area contributed by atoms with E-state index in [9.17, 15) is 4.79 Å². The third-order valence-corrected chi connectivity index (χ3v) is 7.49. The highest BCUT2D eigenvalue weighted by Gasteiger charge is 2.18. The fraction of sp³-hybridized carbons (Fsp3) is 0.357. The highest BCUT2D eigenvalue weighted by Crippen LogP contribution is 2.26. The molecule has 0 aliphatic heterocycles. The predicted molar refractivity (Wildman–Crippen MR) is 145 cm³/mol. The number of hydrogen-bond acceptors (Lipinski definition) is 3. The number of anilines is 1. The summed E-state index contributed by atoms with van der Waals surface area (Å²) in [6, 6.07) is 16.5. The summed E-state index contributed by atoms with van der Waals surface area (Å²) in [5.74, 6) is -0.00422. The maximum Gasteiger partial charge on any atom is 0.262 e. The molecule has 3 aromatic rings. The van der Waals surface area contributed by atoms with E-state index in [0.29, 0.717) is 0 Å². The third kappa shape index (κ3) is 7.31. The summed E-state index contributed by atoms with van der Waals surface area (Å²) in [6.07, 6.45) is 17.9. The zero-order valence-electron chi connectivity index (χ0n) is 20.0. The molecule has 0 bridgehead atoms. The Bertz CT molecular complexity index is 1090. The number of aryl methyl sites for hydroxylation is 1. The monoisotopic (exact) mass is 479 g/mol. The van der Waals surface area contributed by atoms with Gasteiger partial charge < -0.3 is 0 Å². The molecule has 174 valence electrons. The lowest BCUT2D eigenvalue weighted by molar-refractivity contribution is -0.669. The SMILES string of the molecule is CCCCCCCC[n+]1c(/C=C/C=C/N(C(C)=O)c2ccccc2)sc2ccc(SC)cc21. The number of carbonyl (C=O) groups excluding carboxylic acids is 1. The van der Waals surface area contributed by atoms with Gasteiger partial charge in [0.05, 0.1) is 0 Å². The number of rotatable bonds is 12. The molecule has 33 heavy (non-hydrogen) atoms. The Balaban J connectivity index is 1.78. The molecule has 0 aliphatic carbocycles. The molecule has 0 atom stereocenters. The fourth-order valence-electron chi connectivity index (χ4n) is 3.85. The maximum atomic E-state index is 12.1. The van der Waals surface area contributed by atoms with E-state index in [0.717, 1.165) is 12.2 Å². The van der Waals surface area contributed by atoms with Crippen LogP contribution in [0.4, 0.5) is 5.69 Å². The summed E-state index contributed by atoms with van der Waals surface area (Å²) in [7, 11) is 0. The topological polar surface area (TPSA) is 24.2 Å². The third-order valence-electron chi connectivity index (χ3n) is 5.63. The second kappa shape index (κ2) is 13.4. The van der Waals surface area contributed by atoms with Gasteiger partial charge in [0, 0.05) is 42.3 Å². The van der Waals surface area contributed by atoms with Crippen LogP contribution in [0.1, 0.15) is 57.4 Å². The fourth-order valence-corrected chi connectivity index (χ4v) is 5.36. The van der Waals surface area contributed by atoms with Crippen molar-refractivity contribution in [2.24, 2.45) is 0 Å². The van der Waals surface area contributed by atoms with Crippen molar-refractivity contribution in [1.82, 2.24) is 0 Å². The molecule has 3 rings (SSSR count). The molecular formula is C28H35N2OS2+. The van der Waals surface area contributed by atoms with Crippen LogP contribution in [-0.4, -0.2) is 12.2 Å². The smallest absolute Gasteiger partial charge is 0.262 e. The van der Waals surface area contributed by atoms with E-state index in [2.05, 4.69) is 42.0 Å². The maximum absolute atomic E-state index is 12.1. The molecule has 0 saturated carbocycles. The highest BCUT2D eigenvalue weighted by atomic mass is 32.2. The normalized spacial score (nSPS) is 11.7. The lowest BCUT2D eigenvalue weighted by Gasteiger charge is -2.15. The van der Waals surface area contributed by atoms with Crippen molar-refractivity contribution in [3.63, 3.8) is 0 Å². The predicted octanol–water partition coefficient (Wildman–Crippen LogP) is 7.85. The van der Waals surface area contributed by atoms with E-state index in [-0.39, 0.29) is 5.91 Å². The Morgan fingerprint density at radius 3 is 2.52 bits per heavy atom. The number of thiazole rings is 1. The number of benzene rings is 2. The van der Waals surface area contributed by atoms with Crippen LogP contribution in [0.2, 0.25) is 0 Å². The van der Waals surface area contributed by atoms with E-state index < -0.39 is 0 Å². The summed E-state index contributed by atoms with van der Waals surface area (Å²) >= 11 is 3.62. The van der Waals surface area contributed by atoms with E-state index in [1.807, 2.05) is 60.0 Å². The molecule has 1 amide bonds. The molecule has 0 spiro atoms. The van der Waals surface area contributed by atoms with Crippen molar-refractivity contribution < 1.29 is 9.36 Å². The van der Waals surface area contributed by atoms with Crippen LogP contribution in [0.5, 0.6) is 0 Å².